The fourth-order valence-corrected chi connectivity index (χ4v) is 7.93. The number of furan rings is 1. The van der Waals surface area contributed by atoms with E-state index in [4.69, 9.17) is 9.04 Å². The summed E-state index contributed by atoms with van der Waals surface area (Å²) in [5.74, 6) is 1.97. The number of rotatable bonds is 8. The van der Waals surface area contributed by atoms with Crippen molar-refractivity contribution in [3.8, 4) is 11.1 Å². The SMILES string of the molecule is CCN(OP(c1ccccc1)c1ccccc1)c1cc2c(o1)C(C)C(C)N2c1cccc(-c2cccc3c2NCN3C)c1. The predicted molar refractivity (Wildman–Crippen MR) is 181 cm³/mol. The molecule has 1 N–H and O–H groups in total. The van der Waals surface area contributed by atoms with E-state index in [1.165, 1.54) is 22.5 Å². The molecule has 6 nitrogen and oxygen atoms in total. The Morgan fingerprint density at radius 1 is 0.860 bits per heavy atom. The lowest BCUT2D eigenvalue weighted by Crippen LogP contribution is -2.27. The Morgan fingerprint density at radius 2 is 1.56 bits per heavy atom. The van der Waals surface area contributed by atoms with Crippen molar-refractivity contribution in [2.24, 2.45) is 0 Å². The van der Waals surface area contributed by atoms with E-state index in [9.17, 15) is 0 Å². The summed E-state index contributed by atoms with van der Waals surface area (Å²) in [7, 11) is 1.05. The molecule has 218 valence electrons. The summed E-state index contributed by atoms with van der Waals surface area (Å²) in [6.07, 6.45) is 0. The van der Waals surface area contributed by atoms with Gasteiger partial charge < -0.3 is 19.5 Å². The quantitative estimate of drug-likeness (QED) is 0.146. The molecule has 2 aliphatic heterocycles. The minimum absolute atomic E-state index is 0.229. The van der Waals surface area contributed by atoms with Crippen LogP contribution in [0.3, 0.4) is 0 Å². The fourth-order valence-electron chi connectivity index (χ4n) is 6.17. The number of nitrogens with one attached hydrogen (secondary N) is 1. The molecule has 0 radical (unpaired) electrons. The molecule has 7 rings (SSSR count). The molecule has 4 aromatic carbocycles. The molecule has 1 aromatic heterocycles. The van der Waals surface area contributed by atoms with Gasteiger partial charge in [0.15, 0.2) is 0 Å². The molecule has 2 aliphatic rings. The summed E-state index contributed by atoms with van der Waals surface area (Å²) in [6, 6.07) is 38.7. The van der Waals surface area contributed by atoms with Gasteiger partial charge in [0.1, 0.15) is 13.9 Å². The molecule has 0 spiro atoms. The molecule has 3 heterocycles. The van der Waals surface area contributed by atoms with Gasteiger partial charge in [-0.2, -0.15) is 0 Å². The van der Waals surface area contributed by atoms with Crippen LogP contribution < -0.4 is 30.8 Å². The van der Waals surface area contributed by atoms with Crippen LogP contribution in [0.5, 0.6) is 0 Å². The van der Waals surface area contributed by atoms with E-state index < -0.39 is 8.15 Å². The van der Waals surface area contributed by atoms with E-state index in [2.05, 4.69) is 140 Å². The molecule has 0 amide bonds. The third-order valence-electron chi connectivity index (χ3n) is 8.61. The summed E-state index contributed by atoms with van der Waals surface area (Å²) in [6.45, 7) is 8.11. The number of hydrogen-bond donors (Lipinski definition) is 1. The maximum Gasteiger partial charge on any atom is 0.221 e. The first-order valence-corrected chi connectivity index (χ1v) is 16.3. The lowest BCUT2D eigenvalue weighted by atomic mass is 10.0. The average Bonchev–Trinajstić information content (AvgIpc) is 3.72. The molecule has 0 aliphatic carbocycles. The standard InChI is InChI=1S/C36H37N4O2P/c1-5-39(42-43(29-16-8-6-9-17-29)30-18-10-7-11-19-30)34-23-33-36(41-34)25(2)26(3)40(33)28-15-12-14-27(22-28)31-20-13-21-32-35(31)37-24-38(32)4/h6-23,25-26,37H,5,24H2,1-4H3. The Labute approximate surface area is 255 Å². The maximum atomic E-state index is 6.80. The van der Waals surface area contributed by atoms with E-state index in [1.54, 1.807) is 0 Å². The largest absolute Gasteiger partial charge is 0.441 e. The first-order chi connectivity index (χ1) is 21.0. The molecule has 2 atom stereocenters. The monoisotopic (exact) mass is 588 g/mol. The van der Waals surface area contributed by atoms with Crippen molar-refractivity contribution in [3.05, 3.63) is 115 Å². The first kappa shape index (κ1) is 27.6. The Kier molecular flexibility index (Phi) is 7.34. The van der Waals surface area contributed by atoms with E-state index in [-0.39, 0.29) is 12.0 Å². The third-order valence-corrected chi connectivity index (χ3v) is 10.5. The van der Waals surface area contributed by atoms with Crippen LogP contribution in [0.1, 0.15) is 32.4 Å². The van der Waals surface area contributed by atoms with Crippen molar-refractivity contribution in [1.29, 1.82) is 0 Å². The topological polar surface area (TPSA) is 44.1 Å². The summed E-state index contributed by atoms with van der Waals surface area (Å²) >= 11 is 0. The number of para-hydroxylation sites is 1. The van der Waals surface area contributed by atoms with Crippen LogP contribution in [0.25, 0.3) is 11.1 Å². The van der Waals surface area contributed by atoms with E-state index in [1.807, 2.05) is 17.2 Å². The summed E-state index contributed by atoms with van der Waals surface area (Å²) < 4.78 is 13.4. The molecule has 0 saturated heterocycles. The number of benzene rings is 4. The molecule has 5 aromatic rings. The molecule has 43 heavy (non-hydrogen) atoms. The molecular weight excluding hydrogens is 551 g/mol. The van der Waals surface area contributed by atoms with Crippen molar-refractivity contribution >= 4 is 47.4 Å². The normalized spacial score (nSPS) is 17.2. The summed E-state index contributed by atoms with van der Waals surface area (Å²) in [4.78, 5) is 4.67. The predicted octanol–water partition coefficient (Wildman–Crippen LogP) is 8.22. The zero-order valence-electron chi connectivity index (χ0n) is 25.1. The van der Waals surface area contributed by atoms with Crippen LogP contribution in [0.2, 0.25) is 0 Å². The Hall–Kier alpha value is -4.25. The van der Waals surface area contributed by atoms with Gasteiger partial charge in [-0.05, 0) is 37.6 Å². The van der Waals surface area contributed by atoms with Crippen LogP contribution in [0.4, 0.5) is 28.6 Å². The van der Waals surface area contributed by atoms with E-state index in [0.717, 1.165) is 40.3 Å². The van der Waals surface area contributed by atoms with Gasteiger partial charge >= 0.3 is 0 Å². The third kappa shape index (κ3) is 4.95. The van der Waals surface area contributed by atoms with Crippen molar-refractivity contribution < 1.29 is 9.04 Å². The van der Waals surface area contributed by atoms with Crippen LogP contribution >= 0.6 is 8.15 Å². The second-order valence-corrected chi connectivity index (χ2v) is 13.0. The lowest BCUT2D eigenvalue weighted by Gasteiger charge is -2.28. The molecule has 0 saturated carbocycles. The minimum atomic E-state index is -1.07. The highest BCUT2D eigenvalue weighted by Crippen LogP contribution is 2.50. The van der Waals surface area contributed by atoms with Gasteiger partial charge in [0, 0.05) is 53.5 Å². The lowest BCUT2D eigenvalue weighted by molar-refractivity contribution is 0.290. The van der Waals surface area contributed by atoms with Crippen molar-refractivity contribution in [2.75, 3.05) is 40.4 Å². The van der Waals surface area contributed by atoms with Crippen molar-refractivity contribution in [3.63, 3.8) is 0 Å². The van der Waals surface area contributed by atoms with Gasteiger partial charge in [0.05, 0.1) is 23.7 Å². The highest BCUT2D eigenvalue weighted by molar-refractivity contribution is 7.68. The summed E-state index contributed by atoms with van der Waals surface area (Å²) in [5.41, 5.74) is 7.11. The van der Waals surface area contributed by atoms with Crippen LogP contribution in [-0.2, 0) is 4.62 Å². The zero-order chi connectivity index (χ0) is 29.5. The number of anilines is 5. The van der Waals surface area contributed by atoms with Crippen LogP contribution in [0, 0.1) is 0 Å². The highest BCUT2D eigenvalue weighted by atomic mass is 31.1. The summed E-state index contributed by atoms with van der Waals surface area (Å²) in [5, 5.41) is 7.82. The smallest absolute Gasteiger partial charge is 0.221 e. The highest BCUT2D eigenvalue weighted by Gasteiger charge is 2.39. The fraction of sp³-hybridized carbons (Fsp3) is 0.222. The Morgan fingerprint density at radius 3 is 2.26 bits per heavy atom. The minimum Gasteiger partial charge on any atom is -0.441 e. The molecule has 0 bridgehead atoms. The molecular formula is C36H37N4O2P. The Bertz CT molecular complexity index is 1680. The number of fused-ring (bicyclic) bond motifs is 2. The average molecular weight is 589 g/mol. The van der Waals surface area contributed by atoms with Gasteiger partial charge in [0.2, 0.25) is 5.88 Å². The first-order valence-electron chi connectivity index (χ1n) is 15.0. The van der Waals surface area contributed by atoms with Gasteiger partial charge in [-0.1, -0.05) is 91.9 Å². The van der Waals surface area contributed by atoms with Crippen molar-refractivity contribution in [1.82, 2.24) is 0 Å². The van der Waals surface area contributed by atoms with Gasteiger partial charge in [0.25, 0.3) is 0 Å². The number of nitrogens with zero attached hydrogens (tertiary/aromatic N) is 3. The van der Waals surface area contributed by atoms with E-state index >= 15 is 0 Å². The van der Waals surface area contributed by atoms with Gasteiger partial charge in [-0.25, -0.2) is 9.69 Å². The second-order valence-electron chi connectivity index (χ2n) is 11.3. The van der Waals surface area contributed by atoms with Gasteiger partial charge in [-0.3, -0.25) is 0 Å². The number of hydroxylamine groups is 1. The van der Waals surface area contributed by atoms with Crippen LogP contribution in [-0.4, -0.2) is 26.3 Å². The molecule has 7 heteroatoms. The Balaban J connectivity index is 1.22. The van der Waals surface area contributed by atoms with Crippen LogP contribution in [0.15, 0.2) is 114 Å². The molecule has 0 fully saturated rings. The van der Waals surface area contributed by atoms with Crippen molar-refractivity contribution in [2.45, 2.75) is 32.7 Å². The van der Waals surface area contributed by atoms with E-state index in [0.29, 0.717) is 6.54 Å². The zero-order valence-corrected chi connectivity index (χ0v) is 26.0. The number of hydrogen-bond acceptors (Lipinski definition) is 6. The van der Waals surface area contributed by atoms with Gasteiger partial charge in [-0.15, -0.1) is 0 Å². The maximum absolute atomic E-state index is 6.80. The second kappa shape index (κ2) is 11.4. The molecule has 2 unspecified atom stereocenters.